The molecule has 26 heavy (non-hydrogen) atoms. The van der Waals surface area contributed by atoms with E-state index in [9.17, 15) is 4.79 Å². The van der Waals surface area contributed by atoms with Crippen molar-refractivity contribution in [1.29, 1.82) is 0 Å². The highest BCUT2D eigenvalue weighted by molar-refractivity contribution is 7.10. The number of aromatic nitrogens is 3. The van der Waals surface area contributed by atoms with E-state index in [-0.39, 0.29) is 11.7 Å². The summed E-state index contributed by atoms with van der Waals surface area (Å²) in [6, 6.07) is 16.2. The van der Waals surface area contributed by atoms with Crippen molar-refractivity contribution in [2.75, 3.05) is 0 Å². The predicted octanol–water partition coefficient (Wildman–Crippen LogP) is 4.70. The van der Waals surface area contributed by atoms with Crippen LogP contribution < -0.4 is 0 Å². The van der Waals surface area contributed by atoms with Crippen molar-refractivity contribution >= 4 is 28.2 Å². The van der Waals surface area contributed by atoms with E-state index in [0.717, 1.165) is 40.1 Å². The number of aryl methyl sites for hydroxylation is 1. The third-order valence-corrected chi connectivity index (χ3v) is 6.07. The van der Waals surface area contributed by atoms with Crippen LogP contribution in [0.15, 0.2) is 53.9 Å². The summed E-state index contributed by atoms with van der Waals surface area (Å²) in [5, 5.41) is 7.69. The Hall–Kier alpha value is -2.79. The summed E-state index contributed by atoms with van der Waals surface area (Å²) >= 11 is 1.72. The molecule has 1 aliphatic rings. The molecule has 0 amide bonds. The molecule has 0 bridgehead atoms. The van der Waals surface area contributed by atoms with Gasteiger partial charge >= 0.3 is 0 Å². The van der Waals surface area contributed by atoms with Gasteiger partial charge in [0.2, 0.25) is 0 Å². The number of carbonyl (C=O) groups excluding carboxylic acids is 1. The van der Waals surface area contributed by atoms with Gasteiger partial charge in [-0.1, -0.05) is 24.3 Å². The molecule has 1 unspecified atom stereocenters. The number of rotatable bonds is 2. The summed E-state index contributed by atoms with van der Waals surface area (Å²) in [6.45, 7) is 1.97. The normalized spacial score (nSPS) is 16.8. The van der Waals surface area contributed by atoms with Crippen LogP contribution in [0.2, 0.25) is 0 Å². The van der Waals surface area contributed by atoms with E-state index < -0.39 is 0 Å². The summed E-state index contributed by atoms with van der Waals surface area (Å²) in [6.07, 6.45) is 1.36. The Morgan fingerprint density at radius 2 is 1.96 bits per heavy atom. The molecule has 4 nitrogen and oxygen atoms in total. The zero-order chi connectivity index (χ0) is 17.7. The van der Waals surface area contributed by atoms with Crippen molar-refractivity contribution in [3.05, 3.63) is 75.7 Å². The molecule has 3 heterocycles. The number of Topliss-reactive ketones (excluding diaryl/α,β-unsaturated/α-hetero) is 1. The largest absolute Gasteiger partial charge is 0.294 e. The highest BCUT2D eigenvalue weighted by Crippen LogP contribution is 2.35. The van der Waals surface area contributed by atoms with Gasteiger partial charge in [0.1, 0.15) is 0 Å². The Kier molecular flexibility index (Phi) is 3.50. The second-order valence-electron chi connectivity index (χ2n) is 6.73. The number of benzene rings is 1. The Morgan fingerprint density at radius 1 is 1.12 bits per heavy atom. The van der Waals surface area contributed by atoms with Gasteiger partial charge in [0.15, 0.2) is 11.4 Å². The lowest BCUT2D eigenvalue weighted by atomic mass is 9.84. The number of fused-ring (bicyclic) bond motifs is 2. The molecule has 1 aliphatic carbocycles. The van der Waals surface area contributed by atoms with Crippen LogP contribution in [-0.4, -0.2) is 20.5 Å². The van der Waals surface area contributed by atoms with Gasteiger partial charge in [-0.05, 0) is 43.0 Å². The Labute approximate surface area is 155 Å². The molecule has 0 aliphatic heterocycles. The summed E-state index contributed by atoms with van der Waals surface area (Å²) in [7, 11) is 0. The maximum absolute atomic E-state index is 12.8. The molecule has 3 aromatic heterocycles. The van der Waals surface area contributed by atoms with Crippen molar-refractivity contribution in [3.8, 4) is 5.69 Å². The van der Waals surface area contributed by atoms with E-state index in [1.54, 1.807) is 11.3 Å². The second kappa shape index (κ2) is 5.88. The smallest absolute Gasteiger partial charge is 0.165 e. The Morgan fingerprint density at radius 3 is 2.73 bits per heavy atom. The average molecular weight is 359 g/mol. The molecule has 4 aromatic rings. The summed E-state index contributed by atoms with van der Waals surface area (Å²) in [4.78, 5) is 18.9. The lowest BCUT2D eigenvalue weighted by Gasteiger charge is -2.22. The molecule has 0 N–H and O–H groups in total. The molecule has 0 saturated heterocycles. The first-order valence-electron chi connectivity index (χ1n) is 8.72. The van der Waals surface area contributed by atoms with Crippen molar-refractivity contribution in [2.45, 2.75) is 25.7 Å². The summed E-state index contributed by atoms with van der Waals surface area (Å²) in [5.41, 5.74) is 4.36. The topological polar surface area (TPSA) is 47.8 Å². The first kappa shape index (κ1) is 15.5. The number of ketones is 1. The Bertz CT molecular complexity index is 1110. The fourth-order valence-corrected chi connectivity index (χ4v) is 4.56. The third kappa shape index (κ3) is 2.39. The van der Waals surface area contributed by atoms with Crippen LogP contribution in [0.25, 0.3) is 16.7 Å². The van der Waals surface area contributed by atoms with Gasteiger partial charge in [-0.3, -0.25) is 4.79 Å². The zero-order valence-corrected chi connectivity index (χ0v) is 15.2. The molecule has 0 saturated carbocycles. The van der Waals surface area contributed by atoms with E-state index in [2.05, 4.69) is 16.5 Å². The lowest BCUT2D eigenvalue weighted by molar-refractivity contribution is 0.0964. The van der Waals surface area contributed by atoms with Gasteiger partial charge in [0, 0.05) is 28.2 Å². The maximum atomic E-state index is 12.8. The van der Waals surface area contributed by atoms with Crippen LogP contribution in [0, 0.1) is 6.92 Å². The minimum absolute atomic E-state index is 0.186. The van der Waals surface area contributed by atoms with Crippen LogP contribution in [0.5, 0.6) is 0 Å². The van der Waals surface area contributed by atoms with E-state index >= 15 is 0 Å². The fraction of sp³-hybridized carbons (Fsp3) is 0.190. The number of thiophene rings is 1. The van der Waals surface area contributed by atoms with E-state index in [1.807, 2.05) is 54.1 Å². The monoisotopic (exact) mass is 359 g/mol. The molecule has 5 rings (SSSR count). The van der Waals surface area contributed by atoms with Crippen LogP contribution in [0.4, 0.5) is 0 Å². The van der Waals surface area contributed by atoms with Crippen molar-refractivity contribution in [3.63, 3.8) is 0 Å². The molecule has 0 radical (unpaired) electrons. The summed E-state index contributed by atoms with van der Waals surface area (Å²) < 4.78 is 1.88. The third-order valence-electron chi connectivity index (χ3n) is 5.04. The number of nitrogens with zero attached hydrogens (tertiary/aromatic N) is 3. The molecule has 0 spiro atoms. The molecular formula is C21H17N3OS. The van der Waals surface area contributed by atoms with Gasteiger partial charge in [0.25, 0.3) is 0 Å². The minimum atomic E-state index is 0.186. The number of para-hydroxylation sites is 1. The predicted molar refractivity (Wildman–Crippen MR) is 103 cm³/mol. The number of carbonyl (C=O) groups is 1. The van der Waals surface area contributed by atoms with Gasteiger partial charge in [-0.2, -0.15) is 5.10 Å². The lowest BCUT2D eigenvalue weighted by Crippen LogP contribution is -2.19. The highest BCUT2D eigenvalue weighted by atomic mass is 32.1. The van der Waals surface area contributed by atoms with Gasteiger partial charge < -0.3 is 0 Å². The highest BCUT2D eigenvalue weighted by Gasteiger charge is 2.29. The SMILES string of the molecule is Cc1nn(-c2ccccc2)c2nc3c(cc12)C(=O)CC(c1cccs1)C3. The molecule has 5 heteroatoms. The number of hydrogen-bond acceptors (Lipinski definition) is 4. The number of pyridine rings is 1. The average Bonchev–Trinajstić information content (AvgIpc) is 3.30. The van der Waals surface area contributed by atoms with Crippen LogP contribution >= 0.6 is 11.3 Å². The van der Waals surface area contributed by atoms with Gasteiger partial charge in [0.05, 0.1) is 17.1 Å². The first-order valence-corrected chi connectivity index (χ1v) is 9.60. The van der Waals surface area contributed by atoms with E-state index in [0.29, 0.717) is 6.42 Å². The van der Waals surface area contributed by atoms with Crippen LogP contribution in [0.3, 0.4) is 0 Å². The van der Waals surface area contributed by atoms with Gasteiger partial charge in [-0.25, -0.2) is 9.67 Å². The van der Waals surface area contributed by atoms with Gasteiger partial charge in [-0.15, -0.1) is 11.3 Å². The fourth-order valence-electron chi connectivity index (χ4n) is 3.73. The summed E-state index contributed by atoms with van der Waals surface area (Å²) in [5.74, 6) is 0.417. The maximum Gasteiger partial charge on any atom is 0.165 e. The first-order chi connectivity index (χ1) is 12.7. The van der Waals surface area contributed by atoms with Crippen molar-refractivity contribution in [2.24, 2.45) is 0 Å². The molecule has 0 fully saturated rings. The van der Waals surface area contributed by atoms with Crippen LogP contribution in [0.1, 0.15) is 39.0 Å². The quantitative estimate of drug-likeness (QED) is 0.521. The van der Waals surface area contributed by atoms with Crippen molar-refractivity contribution in [1.82, 2.24) is 14.8 Å². The number of hydrogen-bond donors (Lipinski definition) is 0. The van der Waals surface area contributed by atoms with Crippen LogP contribution in [-0.2, 0) is 6.42 Å². The minimum Gasteiger partial charge on any atom is -0.294 e. The van der Waals surface area contributed by atoms with E-state index in [4.69, 9.17) is 4.98 Å². The molecule has 128 valence electrons. The molecule has 1 atom stereocenters. The Balaban J connectivity index is 1.67. The van der Waals surface area contributed by atoms with E-state index in [1.165, 1.54) is 4.88 Å². The second-order valence-corrected chi connectivity index (χ2v) is 7.71. The van der Waals surface area contributed by atoms with Crippen molar-refractivity contribution < 1.29 is 4.79 Å². The zero-order valence-electron chi connectivity index (χ0n) is 14.3. The molecule has 1 aromatic carbocycles. The standard InChI is InChI=1S/C21H17N3OS/c1-13-16-12-17-18(10-14(11-19(17)25)20-8-5-9-26-20)22-21(16)24(23-13)15-6-3-2-4-7-15/h2-9,12,14H,10-11H2,1H3. The molecular weight excluding hydrogens is 342 g/mol.